The van der Waals surface area contributed by atoms with Crippen molar-refractivity contribution in [2.24, 2.45) is 0 Å². The zero-order valence-corrected chi connectivity index (χ0v) is 35.0. The smallest absolute Gasteiger partial charge is 0.143 e. The van der Waals surface area contributed by atoms with Crippen molar-refractivity contribution in [1.29, 1.82) is 0 Å². The van der Waals surface area contributed by atoms with E-state index in [1.165, 1.54) is 60.5 Å². The minimum Gasteiger partial charge on any atom is -0.455 e. The van der Waals surface area contributed by atoms with E-state index in [0.717, 1.165) is 55.7 Å². The van der Waals surface area contributed by atoms with Gasteiger partial charge in [0.2, 0.25) is 0 Å². The fourth-order valence-corrected chi connectivity index (χ4v) is 9.71. The fraction of sp³-hybridized carbons (Fsp3) is 0. The molecule has 1 aromatic heterocycles. The molecule has 0 aliphatic carbocycles. The number of anilines is 3. The molecule has 0 amide bonds. The van der Waals surface area contributed by atoms with E-state index in [0.29, 0.717) is 0 Å². The summed E-state index contributed by atoms with van der Waals surface area (Å²) in [6, 6.07) is 89.7. The van der Waals surface area contributed by atoms with Gasteiger partial charge in [-0.15, -0.1) is 0 Å². The zero-order chi connectivity index (χ0) is 42.4. The highest BCUT2D eigenvalue weighted by Gasteiger charge is 2.21. The molecule has 0 saturated heterocycles. The Morgan fingerprint density at radius 1 is 0.266 bits per heavy atom. The van der Waals surface area contributed by atoms with Gasteiger partial charge in [0.1, 0.15) is 11.2 Å². The summed E-state index contributed by atoms with van der Waals surface area (Å²) < 4.78 is 6.49. The van der Waals surface area contributed by atoms with Gasteiger partial charge in [0.15, 0.2) is 0 Å². The largest absolute Gasteiger partial charge is 0.455 e. The standard InChI is InChI=1S/C62H41NO/c1-2-17-42(18-3-1)48-20-6-7-22-51(48)53-24-9-10-25-54(53)56-27-12-14-31-60(56)63(46-37-33-43(34-38-46)50-29-16-30-58-57-28-13-15-32-61(57)64-62(50)58)47-39-35-44(36-40-47)59-41-45-19-4-5-21-49(45)52-23-8-11-26-55(52)59/h1-41H. The Hall–Kier alpha value is -8.46. The van der Waals surface area contributed by atoms with Gasteiger partial charge in [-0.2, -0.15) is 0 Å². The second-order valence-corrected chi connectivity index (χ2v) is 16.4. The number of benzene rings is 11. The maximum atomic E-state index is 6.49. The summed E-state index contributed by atoms with van der Waals surface area (Å²) in [5.41, 5.74) is 16.7. The molecule has 64 heavy (non-hydrogen) atoms. The monoisotopic (exact) mass is 815 g/mol. The predicted octanol–water partition coefficient (Wildman–Crippen LogP) is 17.7. The van der Waals surface area contributed by atoms with Crippen molar-refractivity contribution in [3.63, 3.8) is 0 Å². The quantitative estimate of drug-likeness (QED) is 0.142. The van der Waals surface area contributed by atoms with Crippen molar-refractivity contribution < 1.29 is 4.42 Å². The number of hydrogen-bond acceptors (Lipinski definition) is 2. The third kappa shape index (κ3) is 6.44. The summed E-state index contributed by atoms with van der Waals surface area (Å²) in [6.07, 6.45) is 0. The van der Waals surface area contributed by atoms with Gasteiger partial charge in [-0.3, -0.25) is 0 Å². The number of furan rings is 1. The lowest BCUT2D eigenvalue weighted by molar-refractivity contribution is 0.670. The highest BCUT2D eigenvalue weighted by molar-refractivity contribution is 6.14. The van der Waals surface area contributed by atoms with Crippen LogP contribution >= 0.6 is 0 Å². The number of hydrogen-bond donors (Lipinski definition) is 0. The Morgan fingerprint density at radius 3 is 1.45 bits per heavy atom. The number of rotatable bonds is 8. The van der Waals surface area contributed by atoms with E-state index in [1.54, 1.807) is 0 Å². The van der Waals surface area contributed by atoms with E-state index >= 15 is 0 Å². The summed E-state index contributed by atoms with van der Waals surface area (Å²) in [6.45, 7) is 0. The van der Waals surface area contributed by atoms with Crippen LogP contribution in [0.1, 0.15) is 0 Å². The highest BCUT2D eigenvalue weighted by atomic mass is 16.3. The highest BCUT2D eigenvalue weighted by Crippen LogP contribution is 2.46. The number of para-hydroxylation sites is 3. The van der Waals surface area contributed by atoms with Crippen LogP contribution in [0.5, 0.6) is 0 Å². The minimum absolute atomic E-state index is 0.899. The molecule has 12 aromatic rings. The average molecular weight is 816 g/mol. The Kier molecular flexibility index (Phi) is 9.20. The van der Waals surface area contributed by atoms with Crippen molar-refractivity contribution in [3.8, 4) is 55.6 Å². The molecule has 0 spiro atoms. The van der Waals surface area contributed by atoms with Gasteiger partial charge in [-0.1, -0.05) is 206 Å². The molecule has 0 atom stereocenters. The van der Waals surface area contributed by atoms with Gasteiger partial charge in [0.05, 0.1) is 5.69 Å². The Morgan fingerprint density at radius 2 is 0.734 bits per heavy atom. The summed E-state index contributed by atoms with van der Waals surface area (Å²) in [7, 11) is 0. The second-order valence-electron chi connectivity index (χ2n) is 16.4. The van der Waals surface area contributed by atoms with Crippen LogP contribution in [0.4, 0.5) is 17.1 Å². The van der Waals surface area contributed by atoms with Crippen LogP contribution in [-0.4, -0.2) is 0 Å². The average Bonchev–Trinajstić information content (AvgIpc) is 3.76. The molecule has 0 unspecified atom stereocenters. The van der Waals surface area contributed by atoms with Crippen LogP contribution < -0.4 is 4.90 Å². The van der Waals surface area contributed by atoms with E-state index in [4.69, 9.17) is 4.42 Å². The van der Waals surface area contributed by atoms with Crippen molar-refractivity contribution in [2.75, 3.05) is 4.90 Å². The minimum atomic E-state index is 0.899. The van der Waals surface area contributed by atoms with Crippen LogP contribution in [-0.2, 0) is 0 Å². The van der Waals surface area contributed by atoms with Gasteiger partial charge in [0.25, 0.3) is 0 Å². The van der Waals surface area contributed by atoms with Crippen LogP contribution in [0, 0.1) is 0 Å². The third-order valence-electron chi connectivity index (χ3n) is 12.7. The molecule has 0 radical (unpaired) electrons. The molecular weight excluding hydrogens is 775 g/mol. The number of nitrogens with zero attached hydrogens (tertiary/aromatic N) is 1. The lowest BCUT2D eigenvalue weighted by Gasteiger charge is -2.29. The maximum Gasteiger partial charge on any atom is 0.143 e. The van der Waals surface area contributed by atoms with E-state index < -0.39 is 0 Å². The van der Waals surface area contributed by atoms with E-state index in [2.05, 4.69) is 241 Å². The number of fused-ring (bicyclic) bond motifs is 6. The van der Waals surface area contributed by atoms with Crippen molar-refractivity contribution in [2.45, 2.75) is 0 Å². The topological polar surface area (TPSA) is 16.4 Å². The first kappa shape index (κ1) is 37.3. The van der Waals surface area contributed by atoms with Crippen molar-refractivity contribution in [3.05, 3.63) is 249 Å². The third-order valence-corrected chi connectivity index (χ3v) is 12.7. The second kappa shape index (κ2) is 15.8. The zero-order valence-electron chi connectivity index (χ0n) is 35.0. The molecule has 0 aliphatic heterocycles. The molecule has 0 saturated carbocycles. The van der Waals surface area contributed by atoms with Gasteiger partial charge in [-0.05, 0) is 109 Å². The summed E-state index contributed by atoms with van der Waals surface area (Å²) in [5, 5.41) is 7.28. The van der Waals surface area contributed by atoms with Crippen LogP contribution in [0.15, 0.2) is 253 Å². The maximum absolute atomic E-state index is 6.49. The van der Waals surface area contributed by atoms with Gasteiger partial charge in [0, 0.05) is 33.3 Å². The lowest BCUT2D eigenvalue weighted by Crippen LogP contribution is -2.11. The molecule has 11 aromatic carbocycles. The van der Waals surface area contributed by atoms with E-state index in [1.807, 2.05) is 12.1 Å². The molecular formula is C62H41NO. The molecule has 1 heterocycles. The molecule has 0 aliphatic rings. The van der Waals surface area contributed by atoms with Crippen LogP contribution in [0.25, 0.3) is 99.1 Å². The molecule has 2 heteroatoms. The van der Waals surface area contributed by atoms with Gasteiger partial charge in [-0.25, -0.2) is 0 Å². The van der Waals surface area contributed by atoms with E-state index in [9.17, 15) is 0 Å². The molecule has 0 fully saturated rings. The molecule has 2 nitrogen and oxygen atoms in total. The molecule has 12 rings (SSSR count). The SMILES string of the molecule is c1ccc(-c2ccccc2-c2ccccc2-c2ccccc2N(c2ccc(-c3cc4ccccc4c4ccccc34)cc2)c2ccc(-c3cccc4c3oc3ccccc34)cc2)cc1. The summed E-state index contributed by atoms with van der Waals surface area (Å²) in [5.74, 6) is 0. The predicted molar refractivity (Wildman–Crippen MR) is 271 cm³/mol. The lowest BCUT2D eigenvalue weighted by atomic mass is 9.88. The fourth-order valence-electron chi connectivity index (χ4n) is 9.71. The first-order valence-corrected chi connectivity index (χ1v) is 21.9. The molecule has 300 valence electrons. The van der Waals surface area contributed by atoms with Crippen molar-refractivity contribution in [1.82, 2.24) is 0 Å². The Balaban J connectivity index is 1.02. The van der Waals surface area contributed by atoms with E-state index in [-0.39, 0.29) is 0 Å². The van der Waals surface area contributed by atoms with Gasteiger partial charge < -0.3 is 9.32 Å². The Bertz CT molecular complexity index is 3660. The first-order valence-electron chi connectivity index (χ1n) is 21.9. The van der Waals surface area contributed by atoms with Crippen LogP contribution in [0.3, 0.4) is 0 Å². The molecule has 0 N–H and O–H groups in total. The first-order chi connectivity index (χ1) is 31.8. The molecule has 0 bridgehead atoms. The van der Waals surface area contributed by atoms with Crippen molar-refractivity contribution >= 4 is 60.5 Å². The Labute approximate surface area is 372 Å². The summed E-state index contributed by atoms with van der Waals surface area (Å²) >= 11 is 0. The summed E-state index contributed by atoms with van der Waals surface area (Å²) in [4.78, 5) is 2.41. The van der Waals surface area contributed by atoms with Gasteiger partial charge >= 0.3 is 0 Å². The van der Waals surface area contributed by atoms with Crippen LogP contribution in [0.2, 0.25) is 0 Å². The normalized spacial score (nSPS) is 11.4.